The second-order valence-electron chi connectivity index (χ2n) is 12.3. The monoisotopic (exact) mass is 562 g/mol. The van der Waals surface area contributed by atoms with Gasteiger partial charge in [-0.15, -0.1) is 0 Å². The average Bonchev–Trinajstić information content (AvgIpc) is 2.87. The molecule has 1 atom stereocenters. The Morgan fingerprint density at radius 3 is 1.18 bits per heavy atom. The normalized spacial score (nSPS) is 13.7. The molecule has 6 heteroatoms. The van der Waals surface area contributed by atoms with Gasteiger partial charge in [0.15, 0.2) is 0 Å². The number of phosphoric ester groups is 1. The van der Waals surface area contributed by atoms with Gasteiger partial charge in [-0.2, -0.15) is 0 Å². The zero-order chi connectivity index (χ0) is 28.2. The van der Waals surface area contributed by atoms with Gasteiger partial charge >= 0.3 is 7.82 Å². The van der Waals surface area contributed by atoms with Gasteiger partial charge in [-0.05, 0) is 19.3 Å². The third-order valence-corrected chi connectivity index (χ3v) is 8.84. The Hall–Kier alpha value is 0.0700. The predicted octanol–water partition coefficient (Wildman–Crippen LogP) is 10.6. The van der Waals surface area contributed by atoms with Crippen LogP contribution in [-0.4, -0.2) is 49.8 Å². The van der Waals surface area contributed by atoms with Crippen LogP contribution >= 0.6 is 7.82 Å². The van der Waals surface area contributed by atoms with Crippen molar-refractivity contribution in [1.29, 1.82) is 0 Å². The molecule has 0 radical (unpaired) electrons. The van der Waals surface area contributed by atoms with Crippen molar-refractivity contribution in [2.24, 2.45) is 0 Å². The van der Waals surface area contributed by atoms with Crippen LogP contribution in [0.1, 0.15) is 168 Å². The molecular weight excluding hydrogens is 493 g/mol. The van der Waals surface area contributed by atoms with E-state index in [4.69, 9.17) is 9.05 Å². The van der Waals surface area contributed by atoms with Crippen LogP contribution in [0.2, 0.25) is 0 Å². The van der Waals surface area contributed by atoms with E-state index in [0.717, 1.165) is 30.4 Å². The summed E-state index contributed by atoms with van der Waals surface area (Å²) in [5.41, 5.74) is 0. The van der Waals surface area contributed by atoms with Crippen LogP contribution in [0.25, 0.3) is 0 Å². The van der Waals surface area contributed by atoms with Gasteiger partial charge in [-0.1, -0.05) is 149 Å². The molecule has 0 aromatic heterocycles. The zero-order valence-corrected chi connectivity index (χ0v) is 27.3. The maximum atomic E-state index is 12.2. The number of hydrogen-bond acceptors (Lipinski definition) is 3. The molecule has 0 aliphatic carbocycles. The summed E-state index contributed by atoms with van der Waals surface area (Å²) in [7, 11) is 0.431. The van der Waals surface area contributed by atoms with Crippen LogP contribution in [-0.2, 0) is 13.6 Å². The molecule has 0 rings (SSSR count). The van der Waals surface area contributed by atoms with Gasteiger partial charge in [0.05, 0.1) is 27.2 Å². The van der Waals surface area contributed by atoms with Crippen LogP contribution in [0.5, 0.6) is 0 Å². The first-order chi connectivity index (χ1) is 18.3. The SMILES string of the molecule is CCCCCCCCCCCCCCCC[N+](C)(C)CCOP(=O)(O)OCCCCCCCCCCCC. The molecule has 1 N–H and O–H groups in total. The summed E-state index contributed by atoms with van der Waals surface area (Å²) in [6.45, 7) is 6.91. The molecule has 230 valence electrons. The van der Waals surface area contributed by atoms with Crippen molar-refractivity contribution in [1.82, 2.24) is 0 Å². The molecular formula is C32H69NO4P+. The Kier molecular flexibility index (Phi) is 27.3. The third kappa shape index (κ3) is 29.1. The van der Waals surface area contributed by atoms with Gasteiger partial charge in [0, 0.05) is 0 Å². The molecule has 0 saturated heterocycles. The smallest absolute Gasteiger partial charge is 0.327 e. The van der Waals surface area contributed by atoms with Crippen molar-refractivity contribution in [3.8, 4) is 0 Å². The standard InChI is InChI=1S/C32H68NO4P/c1-5-7-9-11-13-15-17-18-19-20-21-23-25-27-29-33(3,4)30-32-37-38(34,35)36-31-28-26-24-22-16-14-12-10-8-6-2/h5-32H2,1-4H3/p+1. The Labute approximate surface area is 239 Å². The summed E-state index contributed by atoms with van der Waals surface area (Å²) in [5.74, 6) is 0. The highest BCUT2D eigenvalue weighted by molar-refractivity contribution is 7.47. The first-order valence-electron chi connectivity index (χ1n) is 16.8. The molecule has 5 nitrogen and oxygen atoms in total. The predicted molar refractivity (Wildman–Crippen MR) is 166 cm³/mol. The Morgan fingerprint density at radius 2 is 0.789 bits per heavy atom. The lowest BCUT2D eigenvalue weighted by molar-refractivity contribution is -0.890. The van der Waals surface area contributed by atoms with E-state index in [0.29, 0.717) is 6.61 Å². The number of nitrogens with zero attached hydrogens (tertiary/aromatic N) is 1. The van der Waals surface area contributed by atoms with Crippen LogP contribution in [0.15, 0.2) is 0 Å². The number of phosphoric acid groups is 1. The summed E-state index contributed by atoms with van der Waals surface area (Å²) >= 11 is 0. The molecule has 0 heterocycles. The summed E-state index contributed by atoms with van der Waals surface area (Å²) in [6, 6.07) is 0. The summed E-state index contributed by atoms with van der Waals surface area (Å²) in [5, 5.41) is 0. The van der Waals surface area contributed by atoms with Crippen molar-refractivity contribution in [2.75, 3.05) is 40.4 Å². The molecule has 1 unspecified atom stereocenters. The first kappa shape index (κ1) is 38.1. The van der Waals surface area contributed by atoms with Crippen molar-refractivity contribution in [2.45, 2.75) is 168 Å². The van der Waals surface area contributed by atoms with Crippen LogP contribution in [0.3, 0.4) is 0 Å². The Balaban J connectivity index is 3.55. The molecule has 0 saturated carbocycles. The highest BCUT2D eigenvalue weighted by Gasteiger charge is 2.23. The van der Waals surface area contributed by atoms with Crippen molar-refractivity contribution >= 4 is 7.82 Å². The van der Waals surface area contributed by atoms with Crippen molar-refractivity contribution in [3.05, 3.63) is 0 Å². The van der Waals surface area contributed by atoms with Crippen molar-refractivity contribution in [3.63, 3.8) is 0 Å². The van der Waals surface area contributed by atoms with E-state index in [1.165, 1.54) is 141 Å². The fourth-order valence-electron chi connectivity index (χ4n) is 5.06. The molecule has 0 bridgehead atoms. The highest BCUT2D eigenvalue weighted by atomic mass is 31.2. The molecule has 0 spiro atoms. The Morgan fingerprint density at radius 1 is 0.474 bits per heavy atom. The van der Waals surface area contributed by atoms with Gasteiger partial charge < -0.3 is 9.38 Å². The minimum atomic E-state index is -3.93. The second-order valence-corrected chi connectivity index (χ2v) is 13.7. The number of rotatable bonds is 31. The lowest BCUT2D eigenvalue weighted by Crippen LogP contribution is -2.42. The van der Waals surface area contributed by atoms with E-state index in [9.17, 15) is 9.46 Å². The average molecular weight is 563 g/mol. The minimum Gasteiger partial charge on any atom is -0.327 e. The molecule has 0 fully saturated rings. The second kappa shape index (κ2) is 27.3. The van der Waals surface area contributed by atoms with Gasteiger partial charge in [-0.25, -0.2) is 4.57 Å². The van der Waals surface area contributed by atoms with Gasteiger partial charge in [0.2, 0.25) is 0 Å². The topological polar surface area (TPSA) is 55.8 Å². The third-order valence-electron chi connectivity index (χ3n) is 7.82. The largest absolute Gasteiger partial charge is 0.472 e. The first-order valence-corrected chi connectivity index (χ1v) is 18.3. The van der Waals surface area contributed by atoms with Crippen LogP contribution in [0.4, 0.5) is 0 Å². The fourth-order valence-corrected chi connectivity index (χ4v) is 5.80. The minimum absolute atomic E-state index is 0.261. The van der Waals surface area contributed by atoms with Crippen LogP contribution in [0, 0.1) is 0 Å². The number of quaternary nitrogens is 1. The molecule has 0 aliphatic heterocycles. The summed E-state index contributed by atoms with van der Waals surface area (Å²) in [4.78, 5) is 9.97. The van der Waals surface area contributed by atoms with Gasteiger partial charge in [0.1, 0.15) is 13.2 Å². The van der Waals surface area contributed by atoms with Gasteiger partial charge in [0.25, 0.3) is 0 Å². The van der Waals surface area contributed by atoms with E-state index < -0.39 is 7.82 Å². The lowest BCUT2D eigenvalue weighted by atomic mass is 10.0. The molecule has 0 aromatic carbocycles. The van der Waals surface area contributed by atoms with E-state index in [1.54, 1.807) is 0 Å². The quantitative estimate of drug-likeness (QED) is 0.0519. The summed E-state index contributed by atoms with van der Waals surface area (Å²) < 4.78 is 23.4. The van der Waals surface area contributed by atoms with E-state index in [1.807, 2.05) is 0 Å². The zero-order valence-electron chi connectivity index (χ0n) is 26.4. The highest BCUT2D eigenvalue weighted by Crippen LogP contribution is 2.43. The number of unbranched alkanes of at least 4 members (excludes halogenated alkanes) is 22. The van der Waals surface area contributed by atoms with Crippen molar-refractivity contribution < 1.29 is 23.0 Å². The summed E-state index contributed by atoms with van der Waals surface area (Å²) in [6.07, 6.45) is 31.6. The lowest BCUT2D eigenvalue weighted by Gasteiger charge is -2.29. The van der Waals surface area contributed by atoms with E-state index in [-0.39, 0.29) is 6.61 Å². The molecule has 0 aromatic rings. The maximum Gasteiger partial charge on any atom is 0.472 e. The molecule has 38 heavy (non-hydrogen) atoms. The van der Waals surface area contributed by atoms with Crippen LogP contribution < -0.4 is 0 Å². The van der Waals surface area contributed by atoms with Gasteiger partial charge in [-0.3, -0.25) is 9.05 Å². The number of hydrogen-bond donors (Lipinski definition) is 1. The maximum absolute atomic E-state index is 12.2. The fraction of sp³-hybridized carbons (Fsp3) is 1.00. The van der Waals surface area contributed by atoms with E-state index in [2.05, 4.69) is 27.9 Å². The molecule has 0 amide bonds. The number of likely N-dealkylation sites (N-methyl/N-ethyl adjacent to an activating group) is 1. The van der Waals surface area contributed by atoms with E-state index >= 15 is 0 Å². The Bertz CT molecular complexity index is 530. The molecule has 0 aliphatic rings.